The van der Waals surface area contributed by atoms with Gasteiger partial charge in [-0.25, -0.2) is 17.6 Å². The Morgan fingerprint density at radius 3 is 1.77 bits per heavy atom. The Labute approximate surface area is 81.1 Å². The molecule has 0 fully saturated rings. The summed E-state index contributed by atoms with van der Waals surface area (Å²) >= 11 is 9.28. The van der Waals surface area contributed by atoms with Gasteiger partial charge in [0.2, 0.25) is 0 Å². The van der Waals surface area contributed by atoms with E-state index in [4.69, 9.17) is 11.6 Å². The number of benzene rings is 1. The maximum Gasteiger partial charge on any atom is 0.171 e. The zero-order valence-electron chi connectivity index (χ0n) is 5.88. The molecule has 70 valence electrons. The molecular formula is C7HClF4S. The van der Waals surface area contributed by atoms with Crippen molar-refractivity contribution in [2.24, 2.45) is 0 Å². The van der Waals surface area contributed by atoms with Gasteiger partial charge in [-0.15, -0.1) is 0 Å². The lowest BCUT2D eigenvalue weighted by Crippen LogP contribution is -2.04. The zero-order chi connectivity index (χ0) is 10.2. The minimum atomic E-state index is -1.58. The second kappa shape index (κ2) is 3.59. The Hall–Kier alpha value is -0.680. The lowest BCUT2D eigenvalue weighted by molar-refractivity contribution is 0.452. The van der Waals surface area contributed by atoms with Gasteiger partial charge >= 0.3 is 0 Å². The Bertz CT molecular complexity index is 351. The van der Waals surface area contributed by atoms with E-state index < -0.39 is 33.2 Å². The minimum absolute atomic E-state index is 0.0866. The van der Waals surface area contributed by atoms with Gasteiger partial charge in [0.15, 0.2) is 23.3 Å². The van der Waals surface area contributed by atoms with Crippen LogP contribution in [0.25, 0.3) is 0 Å². The second-order valence-corrected chi connectivity index (χ2v) is 3.13. The molecule has 0 saturated heterocycles. The third kappa shape index (κ3) is 1.81. The molecule has 0 N–H and O–H groups in total. The van der Waals surface area contributed by atoms with Gasteiger partial charge in [0.1, 0.15) is 4.32 Å². The molecule has 0 aliphatic rings. The molecule has 0 bridgehead atoms. The summed E-state index contributed by atoms with van der Waals surface area (Å²) in [4.78, 5) is 0. The first-order valence-electron chi connectivity index (χ1n) is 2.98. The van der Waals surface area contributed by atoms with Crippen molar-refractivity contribution >= 4 is 28.1 Å². The van der Waals surface area contributed by atoms with Crippen LogP contribution in [0.1, 0.15) is 5.56 Å². The number of rotatable bonds is 1. The van der Waals surface area contributed by atoms with Crippen LogP contribution in [0.4, 0.5) is 17.6 Å². The van der Waals surface area contributed by atoms with Crippen LogP contribution in [0, 0.1) is 23.3 Å². The average Bonchev–Trinajstić information content (AvgIpc) is 2.01. The van der Waals surface area contributed by atoms with E-state index in [0.717, 1.165) is 0 Å². The topological polar surface area (TPSA) is 0 Å². The first-order chi connectivity index (χ1) is 5.95. The van der Waals surface area contributed by atoms with E-state index in [9.17, 15) is 17.6 Å². The minimum Gasteiger partial charge on any atom is -0.204 e. The summed E-state index contributed by atoms with van der Waals surface area (Å²) in [6, 6.07) is 0.0866. The summed E-state index contributed by atoms with van der Waals surface area (Å²) in [5.74, 6) is -6.23. The molecule has 1 rings (SSSR count). The SMILES string of the molecule is Fc1cc(F)c(F)c(C(=S)Cl)c1F. The monoisotopic (exact) mass is 228 g/mol. The van der Waals surface area contributed by atoms with Crippen molar-refractivity contribution in [2.75, 3.05) is 0 Å². The molecule has 0 spiro atoms. The van der Waals surface area contributed by atoms with Gasteiger partial charge in [-0.05, 0) is 0 Å². The van der Waals surface area contributed by atoms with Crippen molar-refractivity contribution in [1.82, 2.24) is 0 Å². The van der Waals surface area contributed by atoms with Gasteiger partial charge in [-0.1, -0.05) is 23.8 Å². The van der Waals surface area contributed by atoms with Gasteiger partial charge in [0.25, 0.3) is 0 Å². The van der Waals surface area contributed by atoms with Crippen LogP contribution in [0.2, 0.25) is 0 Å². The Balaban J connectivity index is 3.56. The normalized spacial score (nSPS) is 10.2. The molecule has 0 aliphatic carbocycles. The predicted molar refractivity (Wildman–Crippen MR) is 43.8 cm³/mol. The van der Waals surface area contributed by atoms with Crippen LogP contribution >= 0.6 is 23.8 Å². The number of hydrogen-bond acceptors (Lipinski definition) is 1. The molecule has 6 heteroatoms. The fourth-order valence-electron chi connectivity index (χ4n) is 0.746. The lowest BCUT2D eigenvalue weighted by atomic mass is 10.2. The van der Waals surface area contributed by atoms with E-state index in [1.165, 1.54) is 0 Å². The Morgan fingerprint density at radius 1 is 1.08 bits per heavy atom. The van der Waals surface area contributed by atoms with E-state index in [2.05, 4.69) is 12.2 Å². The van der Waals surface area contributed by atoms with E-state index in [-0.39, 0.29) is 6.07 Å². The van der Waals surface area contributed by atoms with Crippen molar-refractivity contribution in [3.05, 3.63) is 34.9 Å². The first-order valence-corrected chi connectivity index (χ1v) is 3.76. The van der Waals surface area contributed by atoms with Crippen molar-refractivity contribution in [3.63, 3.8) is 0 Å². The van der Waals surface area contributed by atoms with Gasteiger partial charge in [-0.2, -0.15) is 0 Å². The van der Waals surface area contributed by atoms with Crippen LogP contribution in [0.15, 0.2) is 6.07 Å². The maximum absolute atomic E-state index is 12.7. The zero-order valence-corrected chi connectivity index (χ0v) is 7.45. The quantitative estimate of drug-likeness (QED) is 0.308. The van der Waals surface area contributed by atoms with Crippen LogP contribution in [-0.4, -0.2) is 4.32 Å². The standard InChI is InChI=1S/C7HClF4S/c8-7(13)4-5(11)2(9)1-3(10)6(4)12/h1H. The summed E-state index contributed by atoms with van der Waals surface area (Å²) in [7, 11) is 0. The average molecular weight is 229 g/mol. The lowest BCUT2D eigenvalue weighted by Gasteiger charge is -2.02. The molecule has 0 aliphatic heterocycles. The number of thiocarbonyl (C=S) groups is 1. The molecule has 0 radical (unpaired) electrons. The van der Waals surface area contributed by atoms with Gasteiger partial charge in [0.05, 0.1) is 5.56 Å². The predicted octanol–water partition coefficient (Wildman–Crippen LogP) is 3.16. The Kier molecular flexibility index (Phi) is 2.87. The molecule has 0 atom stereocenters. The van der Waals surface area contributed by atoms with Crippen LogP contribution in [0.3, 0.4) is 0 Å². The van der Waals surface area contributed by atoms with Crippen molar-refractivity contribution in [2.45, 2.75) is 0 Å². The van der Waals surface area contributed by atoms with Gasteiger partial charge < -0.3 is 0 Å². The number of halogens is 5. The highest BCUT2D eigenvalue weighted by molar-refractivity contribution is 7.83. The highest BCUT2D eigenvalue weighted by Gasteiger charge is 2.20. The molecule has 0 amide bonds. The Morgan fingerprint density at radius 2 is 1.46 bits per heavy atom. The third-order valence-electron chi connectivity index (χ3n) is 1.31. The molecular weight excluding hydrogens is 228 g/mol. The molecule has 1 aromatic carbocycles. The second-order valence-electron chi connectivity index (χ2n) is 2.12. The summed E-state index contributed by atoms with van der Waals surface area (Å²) in [5, 5.41) is 0. The van der Waals surface area contributed by atoms with Gasteiger partial charge in [-0.3, -0.25) is 0 Å². The molecule has 0 nitrogen and oxygen atoms in total. The summed E-state index contributed by atoms with van der Waals surface area (Å²) in [5.41, 5.74) is -1.05. The third-order valence-corrected chi connectivity index (χ3v) is 1.70. The molecule has 0 unspecified atom stereocenters. The van der Waals surface area contributed by atoms with Crippen LogP contribution < -0.4 is 0 Å². The summed E-state index contributed by atoms with van der Waals surface area (Å²) in [6.45, 7) is 0. The van der Waals surface area contributed by atoms with Crippen molar-refractivity contribution in [1.29, 1.82) is 0 Å². The highest BCUT2D eigenvalue weighted by atomic mass is 35.5. The molecule has 1 aromatic rings. The van der Waals surface area contributed by atoms with E-state index in [1.54, 1.807) is 0 Å². The van der Waals surface area contributed by atoms with E-state index >= 15 is 0 Å². The van der Waals surface area contributed by atoms with Crippen LogP contribution in [-0.2, 0) is 0 Å². The fourth-order valence-corrected chi connectivity index (χ4v) is 1.09. The summed E-state index contributed by atoms with van der Waals surface area (Å²) < 4.78 is 49.7. The smallest absolute Gasteiger partial charge is 0.171 e. The fraction of sp³-hybridized carbons (Fsp3) is 0. The molecule has 0 aromatic heterocycles. The summed E-state index contributed by atoms with van der Waals surface area (Å²) in [6.07, 6.45) is 0. The molecule has 0 heterocycles. The number of hydrogen-bond donors (Lipinski definition) is 0. The first kappa shape index (κ1) is 10.4. The van der Waals surface area contributed by atoms with Gasteiger partial charge in [0, 0.05) is 6.07 Å². The van der Waals surface area contributed by atoms with Crippen LogP contribution in [0.5, 0.6) is 0 Å². The van der Waals surface area contributed by atoms with E-state index in [1.807, 2.05) is 0 Å². The largest absolute Gasteiger partial charge is 0.204 e. The van der Waals surface area contributed by atoms with Crippen molar-refractivity contribution < 1.29 is 17.6 Å². The van der Waals surface area contributed by atoms with E-state index in [0.29, 0.717) is 0 Å². The maximum atomic E-state index is 12.7. The van der Waals surface area contributed by atoms with Crippen molar-refractivity contribution in [3.8, 4) is 0 Å². The molecule has 13 heavy (non-hydrogen) atoms. The molecule has 0 saturated carbocycles. The highest BCUT2D eigenvalue weighted by Crippen LogP contribution is 2.21.